The lowest BCUT2D eigenvalue weighted by Crippen LogP contribution is -2.17. The molecule has 136 valence electrons. The van der Waals surface area contributed by atoms with Crippen LogP contribution in [0, 0.1) is 0 Å². The number of aromatic amines is 1. The summed E-state index contributed by atoms with van der Waals surface area (Å²) >= 11 is 0. The van der Waals surface area contributed by atoms with E-state index in [0.29, 0.717) is 18.1 Å². The average Bonchev–Trinajstić information content (AvgIpc) is 3.28. The van der Waals surface area contributed by atoms with Crippen molar-refractivity contribution in [3.8, 4) is 5.88 Å². The Bertz CT molecular complexity index is 1110. The highest BCUT2D eigenvalue weighted by molar-refractivity contribution is 5.92. The lowest BCUT2D eigenvalue weighted by Gasteiger charge is -2.13. The lowest BCUT2D eigenvalue weighted by molar-refractivity contribution is 0.103. The molecule has 1 aliphatic heterocycles. The van der Waals surface area contributed by atoms with Gasteiger partial charge in [0, 0.05) is 29.9 Å². The van der Waals surface area contributed by atoms with Gasteiger partial charge in [0.15, 0.2) is 5.65 Å². The quantitative estimate of drug-likeness (QED) is 0.575. The summed E-state index contributed by atoms with van der Waals surface area (Å²) in [5, 5.41) is 13.6. The van der Waals surface area contributed by atoms with Crippen LogP contribution in [-0.4, -0.2) is 39.0 Å². The maximum Gasteiger partial charge on any atom is 0.221 e. The summed E-state index contributed by atoms with van der Waals surface area (Å²) < 4.78 is 11.7. The van der Waals surface area contributed by atoms with Crippen molar-refractivity contribution in [3.05, 3.63) is 48.8 Å². The van der Waals surface area contributed by atoms with Crippen LogP contribution in [0.25, 0.3) is 21.8 Å². The summed E-state index contributed by atoms with van der Waals surface area (Å²) in [4.78, 5) is 8.66. The molecular weight excluding hydrogens is 342 g/mol. The molecule has 2 N–H and O–H groups in total. The standard InChI is InChI=1S/C20H19N5O2/c1-12-9-15(11-26-12)27-20-16-5-4-14(10-13(16)6-8-22-20)23-19-17-3-2-7-21-18(17)24-25-19/h2-8,10,12,15H,9,11H2,1H3,(H2,21,23,24,25)/t12-,15+/m1/s1. The van der Waals surface area contributed by atoms with Crippen LogP contribution < -0.4 is 10.1 Å². The first-order valence-electron chi connectivity index (χ1n) is 8.99. The summed E-state index contributed by atoms with van der Waals surface area (Å²) in [5.74, 6) is 1.47. The predicted molar refractivity (Wildman–Crippen MR) is 103 cm³/mol. The zero-order chi connectivity index (χ0) is 18.2. The number of fused-ring (bicyclic) bond motifs is 2. The second kappa shape index (κ2) is 6.51. The first-order chi connectivity index (χ1) is 13.3. The predicted octanol–water partition coefficient (Wildman–Crippen LogP) is 3.81. The molecule has 0 unspecified atom stereocenters. The van der Waals surface area contributed by atoms with Crippen LogP contribution in [-0.2, 0) is 4.74 Å². The topological polar surface area (TPSA) is 85.0 Å². The molecular formula is C20H19N5O2. The van der Waals surface area contributed by atoms with Crippen LogP contribution in [0.2, 0.25) is 0 Å². The molecule has 0 saturated carbocycles. The van der Waals surface area contributed by atoms with E-state index in [9.17, 15) is 0 Å². The SMILES string of the molecule is C[C@@H]1C[C@H](Oc2nccc3cc(Nc4[nH]nc5ncccc45)ccc23)CO1. The highest BCUT2D eigenvalue weighted by Crippen LogP contribution is 2.30. The molecule has 2 atom stereocenters. The molecule has 4 aromatic rings. The summed E-state index contributed by atoms with van der Waals surface area (Å²) in [6.07, 6.45) is 4.68. The largest absolute Gasteiger partial charge is 0.471 e. The van der Waals surface area contributed by atoms with E-state index in [2.05, 4.69) is 38.5 Å². The smallest absolute Gasteiger partial charge is 0.221 e. The Morgan fingerprint density at radius 2 is 2.11 bits per heavy atom. The van der Waals surface area contributed by atoms with E-state index in [-0.39, 0.29) is 12.2 Å². The Morgan fingerprint density at radius 3 is 3.00 bits per heavy atom. The molecule has 7 nitrogen and oxygen atoms in total. The van der Waals surface area contributed by atoms with E-state index in [0.717, 1.165) is 34.1 Å². The second-order valence-corrected chi connectivity index (χ2v) is 6.77. The maximum atomic E-state index is 6.08. The van der Waals surface area contributed by atoms with Crippen molar-refractivity contribution in [3.63, 3.8) is 0 Å². The Morgan fingerprint density at radius 1 is 1.15 bits per heavy atom. The molecule has 5 rings (SSSR count). The molecule has 1 aromatic carbocycles. The first kappa shape index (κ1) is 16.0. The van der Waals surface area contributed by atoms with Gasteiger partial charge in [-0.15, -0.1) is 0 Å². The number of benzene rings is 1. The number of hydrogen-bond donors (Lipinski definition) is 2. The minimum absolute atomic E-state index is 0.0553. The third-order valence-electron chi connectivity index (χ3n) is 4.77. The summed E-state index contributed by atoms with van der Waals surface area (Å²) in [6, 6.07) is 12.0. The number of nitrogens with zero attached hydrogens (tertiary/aromatic N) is 3. The molecule has 0 radical (unpaired) electrons. The van der Waals surface area contributed by atoms with E-state index in [1.54, 1.807) is 12.4 Å². The van der Waals surface area contributed by atoms with Gasteiger partial charge < -0.3 is 14.8 Å². The fraction of sp³-hybridized carbons (Fsp3) is 0.250. The van der Waals surface area contributed by atoms with Gasteiger partial charge in [-0.25, -0.2) is 9.97 Å². The van der Waals surface area contributed by atoms with Crippen molar-refractivity contribution in [1.29, 1.82) is 0 Å². The molecule has 1 saturated heterocycles. The molecule has 0 aliphatic carbocycles. The van der Waals surface area contributed by atoms with Gasteiger partial charge >= 0.3 is 0 Å². The molecule has 1 fully saturated rings. The highest BCUT2D eigenvalue weighted by atomic mass is 16.6. The van der Waals surface area contributed by atoms with Gasteiger partial charge in [0.25, 0.3) is 0 Å². The van der Waals surface area contributed by atoms with Crippen LogP contribution in [0.5, 0.6) is 5.88 Å². The van der Waals surface area contributed by atoms with Gasteiger partial charge in [-0.2, -0.15) is 5.10 Å². The van der Waals surface area contributed by atoms with Crippen molar-refractivity contribution in [2.45, 2.75) is 25.6 Å². The molecule has 1 aliphatic rings. The monoisotopic (exact) mass is 361 g/mol. The van der Waals surface area contributed by atoms with Crippen LogP contribution in [0.3, 0.4) is 0 Å². The molecule has 0 amide bonds. The fourth-order valence-corrected chi connectivity index (χ4v) is 3.43. The molecule has 27 heavy (non-hydrogen) atoms. The van der Waals surface area contributed by atoms with Crippen LogP contribution in [0.1, 0.15) is 13.3 Å². The molecule has 7 heteroatoms. The summed E-state index contributed by atoms with van der Waals surface area (Å²) in [5.41, 5.74) is 1.64. The molecule has 0 bridgehead atoms. The second-order valence-electron chi connectivity index (χ2n) is 6.77. The third kappa shape index (κ3) is 3.06. The number of H-pyrrole nitrogens is 1. The number of nitrogens with one attached hydrogen (secondary N) is 2. The van der Waals surface area contributed by atoms with Crippen molar-refractivity contribution in [2.75, 3.05) is 11.9 Å². The molecule has 4 heterocycles. The molecule has 0 spiro atoms. The van der Waals surface area contributed by atoms with Crippen molar-refractivity contribution in [1.82, 2.24) is 20.2 Å². The number of pyridine rings is 2. The first-order valence-corrected chi connectivity index (χ1v) is 8.99. The van der Waals surface area contributed by atoms with Gasteiger partial charge in [0.1, 0.15) is 11.9 Å². The van der Waals surface area contributed by atoms with Gasteiger partial charge in [-0.1, -0.05) is 0 Å². The van der Waals surface area contributed by atoms with Crippen molar-refractivity contribution >= 4 is 33.3 Å². The zero-order valence-corrected chi connectivity index (χ0v) is 14.8. The van der Waals surface area contributed by atoms with Gasteiger partial charge in [-0.05, 0) is 48.7 Å². The van der Waals surface area contributed by atoms with Gasteiger partial charge in [0.05, 0.1) is 18.1 Å². The average molecular weight is 361 g/mol. The molecule has 3 aromatic heterocycles. The Balaban J connectivity index is 1.44. The van der Waals surface area contributed by atoms with E-state index in [4.69, 9.17) is 9.47 Å². The van der Waals surface area contributed by atoms with Crippen molar-refractivity contribution < 1.29 is 9.47 Å². The summed E-state index contributed by atoms with van der Waals surface area (Å²) in [7, 11) is 0. The van der Waals surface area contributed by atoms with E-state index in [1.165, 1.54) is 0 Å². The Kier molecular flexibility index (Phi) is 3.86. The minimum atomic E-state index is 0.0553. The number of aromatic nitrogens is 4. The number of anilines is 2. The number of ether oxygens (including phenoxy) is 2. The summed E-state index contributed by atoms with van der Waals surface area (Å²) in [6.45, 7) is 2.67. The lowest BCUT2D eigenvalue weighted by atomic mass is 10.1. The van der Waals surface area contributed by atoms with Crippen molar-refractivity contribution in [2.24, 2.45) is 0 Å². The third-order valence-corrected chi connectivity index (χ3v) is 4.77. The van der Waals surface area contributed by atoms with Crippen LogP contribution in [0.15, 0.2) is 48.8 Å². The maximum absolute atomic E-state index is 6.08. The Labute approximate surface area is 155 Å². The number of rotatable bonds is 4. The normalized spacial score (nSPS) is 19.6. The number of hydrogen-bond acceptors (Lipinski definition) is 6. The van der Waals surface area contributed by atoms with Crippen LogP contribution in [0.4, 0.5) is 11.5 Å². The van der Waals surface area contributed by atoms with Gasteiger partial charge in [0.2, 0.25) is 5.88 Å². The van der Waals surface area contributed by atoms with E-state index in [1.807, 2.05) is 30.3 Å². The fourth-order valence-electron chi connectivity index (χ4n) is 3.43. The zero-order valence-electron chi connectivity index (χ0n) is 14.8. The minimum Gasteiger partial charge on any atom is -0.471 e. The highest BCUT2D eigenvalue weighted by Gasteiger charge is 2.24. The Hall–Kier alpha value is -3.19. The van der Waals surface area contributed by atoms with E-state index >= 15 is 0 Å². The van der Waals surface area contributed by atoms with Gasteiger partial charge in [-0.3, -0.25) is 5.10 Å². The van der Waals surface area contributed by atoms with Crippen LogP contribution >= 0.6 is 0 Å². The van der Waals surface area contributed by atoms with E-state index < -0.39 is 0 Å².